The fraction of sp³-hybridized carbons (Fsp3) is 0.353. The summed E-state index contributed by atoms with van der Waals surface area (Å²) in [5.74, 6) is -1.76. The maximum Gasteiger partial charge on any atom is 0.303 e. The Hall–Kier alpha value is -4.11. The van der Waals surface area contributed by atoms with Crippen LogP contribution in [0.1, 0.15) is 104 Å². The van der Waals surface area contributed by atoms with Gasteiger partial charge in [0.15, 0.2) is 0 Å². The number of H-pyrrole nitrogens is 2. The highest BCUT2D eigenvalue weighted by Crippen LogP contribution is 2.39. The quantitative estimate of drug-likeness (QED) is 0.167. The van der Waals surface area contributed by atoms with E-state index in [4.69, 9.17) is 22.6 Å². The molecule has 8 nitrogen and oxygen atoms in total. The van der Waals surface area contributed by atoms with Crippen molar-refractivity contribution in [3.8, 4) is 0 Å². The van der Waals surface area contributed by atoms with Crippen LogP contribution in [-0.2, 0) is 16.0 Å². The first-order chi connectivity index (χ1) is 20.4. The van der Waals surface area contributed by atoms with Gasteiger partial charge in [0, 0.05) is 40.2 Å². The maximum absolute atomic E-state index is 11.6. The minimum Gasteiger partial charge on any atom is -0.481 e. The molecule has 1 atom stereocenters. The van der Waals surface area contributed by atoms with Crippen molar-refractivity contribution >= 4 is 68.9 Å². The van der Waals surface area contributed by atoms with Crippen molar-refractivity contribution in [1.82, 2.24) is 19.9 Å². The van der Waals surface area contributed by atoms with Gasteiger partial charge in [-0.15, -0.1) is 0 Å². The maximum atomic E-state index is 11.6. The second-order valence-electron chi connectivity index (χ2n) is 11.4. The Bertz CT molecular complexity index is 1890. The highest BCUT2D eigenvalue weighted by atomic mass is 32.1. The molecule has 9 heteroatoms. The summed E-state index contributed by atoms with van der Waals surface area (Å²) >= 11 is 4.81. The lowest BCUT2D eigenvalue weighted by Crippen LogP contribution is -1.97. The van der Waals surface area contributed by atoms with E-state index in [-0.39, 0.29) is 18.1 Å². The molecule has 43 heavy (non-hydrogen) atoms. The lowest BCUT2D eigenvalue weighted by atomic mass is 9.98. The van der Waals surface area contributed by atoms with Gasteiger partial charge in [-0.1, -0.05) is 6.92 Å². The van der Waals surface area contributed by atoms with Crippen LogP contribution in [0.4, 0.5) is 0 Å². The zero-order valence-corrected chi connectivity index (χ0v) is 26.4. The average molecular weight is 599 g/mol. The number of nitrogens with one attached hydrogen (secondary N) is 2. The van der Waals surface area contributed by atoms with Crippen molar-refractivity contribution in [3.05, 3.63) is 69.3 Å². The zero-order chi connectivity index (χ0) is 31.2. The van der Waals surface area contributed by atoms with E-state index in [0.717, 1.165) is 78.9 Å². The topological polar surface area (TPSA) is 132 Å². The van der Waals surface area contributed by atoms with Crippen molar-refractivity contribution in [2.24, 2.45) is 0 Å². The van der Waals surface area contributed by atoms with Gasteiger partial charge in [0.2, 0.25) is 0 Å². The van der Waals surface area contributed by atoms with Crippen LogP contribution in [-0.4, -0.2) is 42.1 Å². The molecule has 0 amide bonds. The van der Waals surface area contributed by atoms with E-state index in [1.165, 1.54) is 5.56 Å². The summed E-state index contributed by atoms with van der Waals surface area (Å²) in [5.41, 5.74) is 14.8. The highest BCUT2D eigenvalue weighted by molar-refractivity contribution is 7.80. The van der Waals surface area contributed by atoms with Crippen LogP contribution in [0.15, 0.2) is 24.3 Å². The fourth-order valence-corrected chi connectivity index (χ4v) is 6.60. The van der Waals surface area contributed by atoms with E-state index in [9.17, 15) is 19.8 Å². The number of carbonyl (C=O) groups is 2. The Morgan fingerprint density at radius 2 is 1.23 bits per heavy atom. The Labute approximate surface area is 256 Å². The second-order valence-corrected chi connectivity index (χ2v) is 12.2. The number of fused-ring (bicyclic) bond motifs is 8. The lowest BCUT2D eigenvalue weighted by Gasteiger charge is -2.05. The summed E-state index contributed by atoms with van der Waals surface area (Å²) in [6.45, 7) is 12.4. The molecular formula is C34H38N4O4S. The summed E-state index contributed by atoms with van der Waals surface area (Å²) < 4.78 is 0. The number of aromatic nitrogens is 4. The predicted octanol–water partition coefficient (Wildman–Crippen LogP) is 8.08. The number of thiol groups is 1. The molecule has 5 rings (SSSR count). The number of nitrogens with zero attached hydrogens (tertiary/aromatic N) is 2. The van der Waals surface area contributed by atoms with Gasteiger partial charge >= 0.3 is 11.9 Å². The van der Waals surface area contributed by atoms with Gasteiger partial charge in [-0.3, -0.25) is 9.59 Å². The molecular weight excluding hydrogens is 560 g/mol. The third-order valence-corrected chi connectivity index (χ3v) is 8.92. The van der Waals surface area contributed by atoms with Crippen LogP contribution < -0.4 is 0 Å². The molecule has 4 N–H and O–H groups in total. The summed E-state index contributed by atoms with van der Waals surface area (Å²) in [5, 5.41) is 18.9. The normalized spacial score (nSPS) is 14.0. The molecule has 0 radical (unpaired) electrons. The smallest absolute Gasteiger partial charge is 0.303 e. The third kappa shape index (κ3) is 5.78. The molecule has 8 bridgehead atoms. The molecule has 5 heterocycles. The number of aromatic amines is 2. The first-order valence-electron chi connectivity index (χ1n) is 14.7. The SMILES string of the molecule is CCc1c(C)c2cc3nc(cc4nc(cc5[nH]c(cc1[nH]2)c(C)c5[C@@H](C)S)C(C)=C4CCC(=O)O)C(CCC(=O)O)=C3C. The Kier molecular flexibility index (Phi) is 8.38. The number of hydrogen-bond donors (Lipinski definition) is 5. The minimum absolute atomic E-state index is 0.0230. The van der Waals surface area contributed by atoms with Gasteiger partial charge < -0.3 is 20.2 Å². The molecule has 0 spiro atoms. The molecule has 0 unspecified atom stereocenters. The van der Waals surface area contributed by atoms with Crippen molar-refractivity contribution in [1.29, 1.82) is 0 Å². The van der Waals surface area contributed by atoms with Crippen molar-refractivity contribution in [2.45, 2.75) is 78.9 Å². The van der Waals surface area contributed by atoms with Crippen LogP contribution in [0.25, 0.3) is 44.4 Å². The van der Waals surface area contributed by atoms with E-state index in [1.807, 2.05) is 32.0 Å². The molecule has 0 saturated heterocycles. The fourth-order valence-electron chi connectivity index (χ4n) is 6.27. The average Bonchev–Trinajstić information content (AvgIpc) is 3.59. The van der Waals surface area contributed by atoms with Crippen molar-refractivity contribution < 1.29 is 19.8 Å². The molecule has 0 aromatic carbocycles. The van der Waals surface area contributed by atoms with E-state index in [1.54, 1.807) is 0 Å². The van der Waals surface area contributed by atoms with E-state index in [0.29, 0.717) is 24.2 Å². The predicted molar refractivity (Wildman–Crippen MR) is 176 cm³/mol. The molecule has 0 saturated carbocycles. The monoisotopic (exact) mass is 598 g/mol. The van der Waals surface area contributed by atoms with Gasteiger partial charge in [0.1, 0.15) is 0 Å². The van der Waals surface area contributed by atoms with E-state index in [2.05, 4.69) is 43.7 Å². The van der Waals surface area contributed by atoms with Gasteiger partial charge in [0.05, 0.1) is 22.8 Å². The van der Waals surface area contributed by atoms with Crippen LogP contribution in [0.2, 0.25) is 0 Å². The molecule has 0 fully saturated rings. The summed E-state index contributed by atoms with van der Waals surface area (Å²) in [4.78, 5) is 40.4. The number of aliphatic carboxylic acids is 2. The van der Waals surface area contributed by atoms with Crippen molar-refractivity contribution in [3.63, 3.8) is 0 Å². The first-order valence-corrected chi connectivity index (χ1v) is 15.2. The number of carboxylic acid groups (broad SMARTS) is 2. The zero-order valence-electron chi connectivity index (χ0n) is 25.5. The number of rotatable bonds is 8. The van der Waals surface area contributed by atoms with Crippen molar-refractivity contribution in [2.75, 3.05) is 0 Å². The Morgan fingerprint density at radius 1 is 0.744 bits per heavy atom. The standard InChI is InChI=1S/C34H38N4O4S/c1-7-21-16(2)24-12-25-17(3)22(8-10-32(39)40)29(36-25)15-30-23(9-11-33(41)42)18(4)26(37-30)14-31-34(20(6)43)19(5)27(38-31)13-28(21)35-24/h12-15,20,35,38,43H,7-11H2,1-6H3,(H,39,40)(H,41,42)/t20-/m1/s1. The Balaban J connectivity index is 1.93. The molecule has 224 valence electrons. The third-order valence-electron chi connectivity index (χ3n) is 8.67. The summed E-state index contributed by atoms with van der Waals surface area (Å²) in [7, 11) is 0. The van der Waals surface area contributed by atoms with E-state index < -0.39 is 11.9 Å². The molecule has 2 aliphatic heterocycles. The molecule has 3 aromatic heterocycles. The number of aryl methyl sites for hydroxylation is 3. The number of hydrogen-bond acceptors (Lipinski definition) is 5. The van der Waals surface area contributed by atoms with E-state index >= 15 is 0 Å². The lowest BCUT2D eigenvalue weighted by molar-refractivity contribution is -0.137. The van der Waals surface area contributed by atoms with Gasteiger partial charge in [-0.25, -0.2) is 9.97 Å². The summed E-state index contributed by atoms with van der Waals surface area (Å²) in [6.07, 6.45) is 1.45. The number of carboxylic acids is 2. The van der Waals surface area contributed by atoms with Crippen LogP contribution in [0.5, 0.6) is 0 Å². The van der Waals surface area contributed by atoms with Gasteiger partial charge in [0.25, 0.3) is 0 Å². The Morgan fingerprint density at radius 3 is 1.72 bits per heavy atom. The summed E-state index contributed by atoms with van der Waals surface area (Å²) in [6, 6.07) is 8.10. The van der Waals surface area contributed by atoms with Gasteiger partial charge in [-0.2, -0.15) is 12.6 Å². The minimum atomic E-state index is -0.880. The second kappa shape index (κ2) is 11.9. The highest BCUT2D eigenvalue weighted by Gasteiger charge is 2.23. The van der Waals surface area contributed by atoms with Crippen LogP contribution >= 0.6 is 12.6 Å². The van der Waals surface area contributed by atoms with Gasteiger partial charge in [-0.05, 0) is 123 Å². The largest absolute Gasteiger partial charge is 0.481 e. The molecule has 3 aromatic rings. The molecule has 0 aliphatic carbocycles. The first kappa shape index (κ1) is 30.4. The van der Waals surface area contributed by atoms with Crippen LogP contribution in [0, 0.1) is 13.8 Å². The van der Waals surface area contributed by atoms with Crippen LogP contribution in [0.3, 0.4) is 0 Å². The number of allylic oxidation sites excluding steroid dienone is 4. The molecule has 2 aliphatic rings.